The zero-order valence-corrected chi connectivity index (χ0v) is 11.5. The Hall–Kier alpha value is -1.74. The van der Waals surface area contributed by atoms with Crippen LogP contribution in [-0.2, 0) is 6.61 Å². The molecule has 0 unspecified atom stereocenters. The number of halogens is 2. The summed E-state index contributed by atoms with van der Waals surface area (Å²) in [4.78, 5) is 0. The Morgan fingerprint density at radius 2 is 1.89 bits per heavy atom. The van der Waals surface area contributed by atoms with Crippen LogP contribution in [0.25, 0.3) is 0 Å². The van der Waals surface area contributed by atoms with Gasteiger partial charge >= 0.3 is 0 Å². The van der Waals surface area contributed by atoms with Gasteiger partial charge in [-0.3, -0.25) is 0 Å². The highest BCUT2D eigenvalue weighted by Gasteiger charge is 2.07. The maximum Gasteiger partial charge on any atom is 0.161 e. The number of ether oxygens (including phenoxy) is 2. The van der Waals surface area contributed by atoms with Gasteiger partial charge in [0.15, 0.2) is 11.5 Å². The molecule has 0 radical (unpaired) electrons. The van der Waals surface area contributed by atoms with E-state index < -0.39 is 0 Å². The second-order valence-electron chi connectivity index (χ2n) is 4.18. The fourth-order valence-electron chi connectivity index (χ4n) is 1.69. The first-order chi connectivity index (χ1) is 9.10. The Morgan fingerprint density at radius 1 is 1.11 bits per heavy atom. The van der Waals surface area contributed by atoms with Crippen LogP contribution in [0.4, 0.5) is 4.39 Å². The van der Waals surface area contributed by atoms with Gasteiger partial charge in [-0.1, -0.05) is 23.7 Å². The Morgan fingerprint density at radius 3 is 2.58 bits per heavy atom. The first kappa shape index (κ1) is 13.7. The molecule has 0 fully saturated rings. The predicted octanol–water partition coefficient (Wildman–Crippen LogP) is 4.38. The number of methoxy groups -OCH3 is 1. The van der Waals surface area contributed by atoms with Crippen LogP contribution in [-0.4, -0.2) is 7.11 Å². The molecule has 0 saturated heterocycles. The zero-order valence-electron chi connectivity index (χ0n) is 10.7. The standard InChI is InChI=1S/C15H14ClFO2/c1-10-3-6-14(15(7-10)18-2)19-9-11-4-5-12(17)8-13(11)16/h3-8H,9H2,1-2H3. The van der Waals surface area contributed by atoms with Crippen LogP contribution in [0.3, 0.4) is 0 Å². The molecular formula is C15H14ClFO2. The molecule has 0 amide bonds. The molecule has 4 heteroatoms. The maximum atomic E-state index is 12.9. The van der Waals surface area contributed by atoms with Crippen LogP contribution in [0.15, 0.2) is 36.4 Å². The fourth-order valence-corrected chi connectivity index (χ4v) is 1.91. The third-order valence-electron chi connectivity index (χ3n) is 2.72. The highest BCUT2D eigenvalue weighted by molar-refractivity contribution is 6.31. The predicted molar refractivity (Wildman–Crippen MR) is 73.5 cm³/mol. The molecule has 0 aromatic heterocycles. The molecule has 0 bridgehead atoms. The van der Waals surface area contributed by atoms with E-state index in [1.54, 1.807) is 13.2 Å². The second kappa shape index (κ2) is 5.93. The van der Waals surface area contributed by atoms with Crippen molar-refractivity contribution in [1.29, 1.82) is 0 Å². The number of hydrogen-bond donors (Lipinski definition) is 0. The minimum Gasteiger partial charge on any atom is -0.493 e. The molecule has 0 aliphatic rings. The summed E-state index contributed by atoms with van der Waals surface area (Å²) in [5.74, 6) is 0.938. The minimum absolute atomic E-state index is 0.262. The lowest BCUT2D eigenvalue weighted by atomic mass is 10.2. The van der Waals surface area contributed by atoms with Crippen LogP contribution in [0.1, 0.15) is 11.1 Å². The van der Waals surface area contributed by atoms with Crippen molar-refractivity contribution in [2.45, 2.75) is 13.5 Å². The highest BCUT2D eigenvalue weighted by atomic mass is 35.5. The van der Waals surface area contributed by atoms with Crippen molar-refractivity contribution in [3.63, 3.8) is 0 Å². The number of aryl methyl sites for hydroxylation is 1. The van der Waals surface area contributed by atoms with Gasteiger partial charge in [0.05, 0.1) is 12.1 Å². The van der Waals surface area contributed by atoms with Crippen molar-refractivity contribution in [2.24, 2.45) is 0 Å². The molecule has 100 valence electrons. The maximum absolute atomic E-state index is 12.9. The molecule has 2 nitrogen and oxygen atoms in total. The third-order valence-corrected chi connectivity index (χ3v) is 3.07. The summed E-state index contributed by atoms with van der Waals surface area (Å²) >= 11 is 5.94. The van der Waals surface area contributed by atoms with Crippen molar-refractivity contribution in [2.75, 3.05) is 7.11 Å². The Kier molecular flexibility index (Phi) is 4.27. The van der Waals surface area contributed by atoms with E-state index in [4.69, 9.17) is 21.1 Å². The second-order valence-corrected chi connectivity index (χ2v) is 4.59. The van der Waals surface area contributed by atoms with E-state index >= 15 is 0 Å². The quantitative estimate of drug-likeness (QED) is 0.828. The highest BCUT2D eigenvalue weighted by Crippen LogP contribution is 2.29. The molecule has 19 heavy (non-hydrogen) atoms. The molecular weight excluding hydrogens is 267 g/mol. The lowest BCUT2D eigenvalue weighted by Gasteiger charge is -2.12. The van der Waals surface area contributed by atoms with Gasteiger partial charge < -0.3 is 9.47 Å². The molecule has 2 aromatic carbocycles. The lowest BCUT2D eigenvalue weighted by Crippen LogP contribution is -1.99. The summed E-state index contributed by atoms with van der Waals surface area (Å²) < 4.78 is 23.8. The topological polar surface area (TPSA) is 18.5 Å². The molecule has 0 aliphatic carbocycles. The van der Waals surface area contributed by atoms with E-state index in [9.17, 15) is 4.39 Å². The van der Waals surface area contributed by atoms with E-state index in [2.05, 4.69) is 0 Å². The largest absolute Gasteiger partial charge is 0.493 e. The van der Waals surface area contributed by atoms with Crippen LogP contribution in [0, 0.1) is 12.7 Å². The van der Waals surface area contributed by atoms with E-state index in [1.165, 1.54) is 12.1 Å². The lowest BCUT2D eigenvalue weighted by molar-refractivity contribution is 0.284. The molecule has 2 aromatic rings. The summed E-state index contributed by atoms with van der Waals surface area (Å²) in [7, 11) is 1.59. The Bertz CT molecular complexity index is 584. The van der Waals surface area contributed by atoms with Gasteiger partial charge in [0, 0.05) is 5.56 Å². The van der Waals surface area contributed by atoms with E-state index in [1.807, 2.05) is 25.1 Å². The first-order valence-corrected chi connectivity index (χ1v) is 6.19. The SMILES string of the molecule is COc1cc(C)ccc1OCc1ccc(F)cc1Cl. The summed E-state index contributed by atoms with van der Waals surface area (Å²) in [6.07, 6.45) is 0. The van der Waals surface area contributed by atoms with Crippen molar-refractivity contribution >= 4 is 11.6 Å². The smallest absolute Gasteiger partial charge is 0.161 e. The molecule has 0 spiro atoms. The van der Waals surface area contributed by atoms with Gasteiger partial charge in [0.25, 0.3) is 0 Å². The fraction of sp³-hybridized carbons (Fsp3) is 0.200. The molecule has 0 N–H and O–H groups in total. The zero-order chi connectivity index (χ0) is 13.8. The van der Waals surface area contributed by atoms with E-state index in [0.717, 1.165) is 11.1 Å². The van der Waals surface area contributed by atoms with Crippen molar-refractivity contribution in [3.8, 4) is 11.5 Å². The third kappa shape index (κ3) is 3.38. The van der Waals surface area contributed by atoms with Gasteiger partial charge in [0.1, 0.15) is 12.4 Å². The number of rotatable bonds is 4. The van der Waals surface area contributed by atoms with Gasteiger partial charge in [-0.15, -0.1) is 0 Å². The monoisotopic (exact) mass is 280 g/mol. The van der Waals surface area contributed by atoms with Gasteiger partial charge in [-0.05, 0) is 36.8 Å². The molecule has 0 aliphatic heterocycles. The summed E-state index contributed by atoms with van der Waals surface area (Å²) in [6.45, 7) is 2.24. The van der Waals surface area contributed by atoms with Crippen LogP contribution < -0.4 is 9.47 Å². The van der Waals surface area contributed by atoms with E-state index in [-0.39, 0.29) is 12.4 Å². The minimum atomic E-state index is -0.360. The van der Waals surface area contributed by atoms with Gasteiger partial charge in [-0.2, -0.15) is 0 Å². The number of hydrogen-bond acceptors (Lipinski definition) is 2. The van der Waals surface area contributed by atoms with Gasteiger partial charge in [-0.25, -0.2) is 4.39 Å². The van der Waals surface area contributed by atoms with Crippen molar-refractivity contribution < 1.29 is 13.9 Å². The summed E-state index contributed by atoms with van der Waals surface area (Å²) in [6, 6.07) is 9.90. The summed E-state index contributed by atoms with van der Waals surface area (Å²) in [5, 5.41) is 0.353. The first-order valence-electron chi connectivity index (χ1n) is 5.81. The normalized spacial score (nSPS) is 10.3. The van der Waals surface area contributed by atoms with Crippen LogP contribution in [0.5, 0.6) is 11.5 Å². The average molecular weight is 281 g/mol. The summed E-state index contributed by atoms with van der Waals surface area (Å²) in [5.41, 5.74) is 1.81. The van der Waals surface area contributed by atoms with Crippen LogP contribution in [0.2, 0.25) is 5.02 Å². The van der Waals surface area contributed by atoms with Crippen LogP contribution >= 0.6 is 11.6 Å². The Labute approximate surface area is 116 Å². The van der Waals surface area contributed by atoms with Crippen molar-refractivity contribution in [3.05, 3.63) is 58.4 Å². The molecule has 0 atom stereocenters. The molecule has 0 heterocycles. The average Bonchev–Trinajstić information content (AvgIpc) is 2.39. The van der Waals surface area contributed by atoms with E-state index in [0.29, 0.717) is 16.5 Å². The van der Waals surface area contributed by atoms with Gasteiger partial charge in [0.2, 0.25) is 0 Å². The number of benzene rings is 2. The molecule has 2 rings (SSSR count). The molecule has 0 saturated carbocycles. The Balaban J connectivity index is 2.14. The van der Waals surface area contributed by atoms with Crippen molar-refractivity contribution in [1.82, 2.24) is 0 Å².